The highest BCUT2D eigenvalue weighted by Gasteiger charge is 2.06. The molecule has 0 aliphatic carbocycles. The number of benzene rings is 1. The van der Waals surface area contributed by atoms with Gasteiger partial charge in [0.1, 0.15) is 6.61 Å². The highest BCUT2D eigenvalue weighted by Crippen LogP contribution is 2.15. The molecule has 0 radical (unpaired) electrons. The highest BCUT2D eigenvalue weighted by molar-refractivity contribution is 14.0. The van der Waals surface area contributed by atoms with E-state index < -0.39 is 0 Å². The second-order valence-corrected chi connectivity index (χ2v) is 6.07. The fourth-order valence-corrected chi connectivity index (χ4v) is 2.39. The van der Waals surface area contributed by atoms with Crippen molar-refractivity contribution in [3.05, 3.63) is 59.8 Å². The normalized spacial score (nSPS) is 10.7. The van der Waals surface area contributed by atoms with Gasteiger partial charge < -0.3 is 15.4 Å². The summed E-state index contributed by atoms with van der Waals surface area (Å²) in [4.78, 5) is 8.57. The van der Waals surface area contributed by atoms with Crippen LogP contribution in [-0.2, 0) is 13.2 Å². The van der Waals surface area contributed by atoms with Crippen molar-refractivity contribution in [1.29, 1.82) is 0 Å². The van der Waals surface area contributed by atoms with E-state index in [1.165, 1.54) is 0 Å². The lowest BCUT2D eigenvalue weighted by Gasteiger charge is -2.14. The largest absolute Gasteiger partial charge is 0.473 e. The summed E-state index contributed by atoms with van der Waals surface area (Å²) in [6.45, 7) is 1.99. The molecule has 136 valence electrons. The van der Waals surface area contributed by atoms with Gasteiger partial charge in [0.25, 0.3) is 0 Å². The minimum absolute atomic E-state index is 0. The molecule has 0 aliphatic rings. The third-order valence-electron chi connectivity index (χ3n) is 3.34. The molecule has 2 rings (SSSR count). The maximum absolute atomic E-state index is 5.87. The van der Waals surface area contributed by atoms with Crippen molar-refractivity contribution in [2.45, 2.75) is 13.2 Å². The van der Waals surface area contributed by atoms with Crippen LogP contribution in [0.1, 0.15) is 11.1 Å². The van der Waals surface area contributed by atoms with E-state index in [2.05, 4.69) is 26.9 Å². The lowest BCUT2D eigenvalue weighted by Crippen LogP contribution is -2.38. The van der Waals surface area contributed by atoms with Crippen LogP contribution in [0.25, 0.3) is 0 Å². The van der Waals surface area contributed by atoms with Crippen molar-refractivity contribution in [1.82, 2.24) is 15.6 Å². The topological polar surface area (TPSA) is 58.5 Å². The number of ether oxygens (including phenoxy) is 1. The molecule has 2 aromatic rings. The summed E-state index contributed by atoms with van der Waals surface area (Å²) in [6.07, 6.45) is 3.83. The van der Waals surface area contributed by atoms with Gasteiger partial charge in [0.15, 0.2) is 5.96 Å². The number of pyridine rings is 1. The maximum Gasteiger partial charge on any atom is 0.218 e. The van der Waals surface area contributed by atoms with Gasteiger partial charge in [-0.05, 0) is 17.9 Å². The summed E-state index contributed by atoms with van der Waals surface area (Å²) in [5, 5.41) is 6.57. The number of halogens is 1. The molecule has 0 bridgehead atoms. The molecule has 7 heteroatoms. The first-order valence-corrected chi connectivity index (χ1v) is 9.27. The molecule has 0 aliphatic heterocycles. The fourth-order valence-electron chi connectivity index (χ4n) is 2.09. The summed E-state index contributed by atoms with van der Waals surface area (Å²) < 4.78 is 5.87. The number of aromatic nitrogens is 1. The molecule has 1 aromatic heterocycles. The van der Waals surface area contributed by atoms with Gasteiger partial charge in [0.05, 0.1) is 0 Å². The van der Waals surface area contributed by atoms with Crippen molar-refractivity contribution in [3.8, 4) is 5.88 Å². The second-order valence-electron chi connectivity index (χ2n) is 5.09. The van der Waals surface area contributed by atoms with Crippen molar-refractivity contribution in [2.75, 3.05) is 25.6 Å². The first kappa shape index (κ1) is 21.6. The van der Waals surface area contributed by atoms with Crippen LogP contribution in [0.4, 0.5) is 0 Å². The molecule has 2 N–H and O–H groups in total. The van der Waals surface area contributed by atoms with Crippen molar-refractivity contribution in [3.63, 3.8) is 0 Å². The van der Waals surface area contributed by atoms with Gasteiger partial charge in [-0.15, -0.1) is 24.0 Å². The Hall–Kier alpha value is -1.48. The number of rotatable bonds is 8. The molecular formula is C18H25IN4OS. The molecule has 1 heterocycles. The highest BCUT2D eigenvalue weighted by atomic mass is 127. The monoisotopic (exact) mass is 472 g/mol. The molecule has 0 unspecified atom stereocenters. The average molecular weight is 472 g/mol. The van der Waals surface area contributed by atoms with Crippen LogP contribution in [0.15, 0.2) is 53.7 Å². The molecule has 0 saturated heterocycles. The third kappa shape index (κ3) is 7.96. The Labute approximate surface area is 171 Å². The smallest absolute Gasteiger partial charge is 0.218 e. The zero-order chi connectivity index (χ0) is 17.0. The van der Waals surface area contributed by atoms with E-state index in [1.807, 2.05) is 42.5 Å². The fraction of sp³-hybridized carbons (Fsp3) is 0.333. The second kappa shape index (κ2) is 12.8. The molecule has 25 heavy (non-hydrogen) atoms. The van der Waals surface area contributed by atoms with E-state index in [4.69, 9.17) is 4.74 Å². The van der Waals surface area contributed by atoms with Crippen LogP contribution < -0.4 is 15.4 Å². The summed E-state index contributed by atoms with van der Waals surface area (Å²) in [5.41, 5.74) is 2.12. The predicted octanol–water partition coefficient (Wildman–Crippen LogP) is 3.31. The lowest BCUT2D eigenvalue weighted by molar-refractivity contribution is 0.290. The number of thioether (sulfide) groups is 1. The van der Waals surface area contributed by atoms with E-state index in [-0.39, 0.29) is 24.0 Å². The van der Waals surface area contributed by atoms with Crippen LogP contribution in [0.5, 0.6) is 5.88 Å². The Bertz CT molecular complexity index is 640. The number of aliphatic imine (C=N–C) groups is 1. The van der Waals surface area contributed by atoms with Crippen LogP contribution in [0.2, 0.25) is 0 Å². The lowest BCUT2D eigenvalue weighted by atomic mass is 10.2. The van der Waals surface area contributed by atoms with Crippen molar-refractivity contribution in [2.24, 2.45) is 4.99 Å². The average Bonchev–Trinajstić information content (AvgIpc) is 2.64. The molecule has 0 atom stereocenters. The number of nitrogens with one attached hydrogen (secondary N) is 2. The van der Waals surface area contributed by atoms with E-state index in [1.54, 1.807) is 25.0 Å². The molecule has 5 nitrogen and oxygen atoms in total. The zero-order valence-corrected chi connectivity index (χ0v) is 17.7. The van der Waals surface area contributed by atoms with Crippen LogP contribution >= 0.6 is 35.7 Å². The quantitative estimate of drug-likeness (QED) is 0.267. The van der Waals surface area contributed by atoms with Gasteiger partial charge in [-0.3, -0.25) is 4.99 Å². The molecular weight excluding hydrogens is 447 g/mol. The Kier molecular flexibility index (Phi) is 11.1. The molecule has 0 amide bonds. The predicted molar refractivity (Wildman–Crippen MR) is 117 cm³/mol. The van der Waals surface area contributed by atoms with E-state index >= 15 is 0 Å². The summed E-state index contributed by atoms with van der Waals surface area (Å²) >= 11 is 1.80. The number of nitrogens with zero attached hydrogens (tertiary/aromatic N) is 2. The molecule has 0 spiro atoms. The minimum atomic E-state index is 0. The van der Waals surface area contributed by atoms with E-state index in [0.717, 1.165) is 29.4 Å². The summed E-state index contributed by atoms with van der Waals surface area (Å²) in [6, 6.07) is 14.0. The molecule has 0 saturated carbocycles. The van der Waals surface area contributed by atoms with Gasteiger partial charge in [-0.1, -0.05) is 36.4 Å². The van der Waals surface area contributed by atoms with Gasteiger partial charge in [-0.25, -0.2) is 4.98 Å². The van der Waals surface area contributed by atoms with Crippen LogP contribution in [-0.4, -0.2) is 36.5 Å². The van der Waals surface area contributed by atoms with Crippen LogP contribution in [0.3, 0.4) is 0 Å². The molecule has 1 aromatic carbocycles. The molecule has 0 fully saturated rings. The Morgan fingerprint density at radius 3 is 2.68 bits per heavy atom. The van der Waals surface area contributed by atoms with Crippen LogP contribution in [0, 0.1) is 0 Å². The van der Waals surface area contributed by atoms with Crippen molar-refractivity contribution >= 4 is 41.7 Å². The summed E-state index contributed by atoms with van der Waals surface area (Å²) in [7, 11) is 1.77. The number of hydrogen-bond donors (Lipinski definition) is 2. The van der Waals surface area contributed by atoms with Gasteiger partial charge in [0, 0.05) is 37.7 Å². The zero-order valence-electron chi connectivity index (χ0n) is 14.6. The summed E-state index contributed by atoms with van der Waals surface area (Å²) in [5.74, 6) is 2.47. The maximum atomic E-state index is 5.87. The third-order valence-corrected chi connectivity index (χ3v) is 3.95. The number of guanidine groups is 1. The first-order chi connectivity index (χ1) is 11.8. The SMILES string of the molecule is CN=C(NCCSC)NCc1cccnc1OCc1ccccc1.I. The van der Waals surface area contributed by atoms with Crippen molar-refractivity contribution < 1.29 is 4.74 Å². The standard InChI is InChI=1S/C18H24N4OS.HI/c1-19-18(21-11-12-24-2)22-13-16-9-6-10-20-17(16)23-14-15-7-4-3-5-8-15;/h3-10H,11-14H2,1-2H3,(H2,19,21,22);1H. The van der Waals surface area contributed by atoms with E-state index in [0.29, 0.717) is 19.0 Å². The van der Waals surface area contributed by atoms with Gasteiger partial charge in [-0.2, -0.15) is 11.8 Å². The minimum Gasteiger partial charge on any atom is -0.473 e. The Balaban J connectivity index is 0.00000312. The Morgan fingerprint density at radius 1 is 1.16 bits per heavy atom. The first-order valence-electron chi connectivity index (χ1n) is 7.87. The van der Waals surface area contributed by atoms with E-state index in [9.17, 15) is 0 Å². The number of hydrogen-bond acceptors (Lipinski definition) is 4. The Morgan fingerprint density at radius 2 is 1.96 bits per heavy atom. The van der Waals surface area contributed by atoms with Gasteiger partial charge in [0.2, 0.25) is 5.88 Å². The van der Waals surface area contributed by atoms with Gasteiger partial charge >= 0.3 is 0 Å².